The molecule has 0 spiro atoms. The molecular weight excluding hydrogens is 216 g/mol. The van der Waals surface area contributed by atoms with Crippen LogP contribution in [0.3, 0.4) is 0 Å². The number of rotatable bonds is 1. The number of morpholine rings is 1. The van der Waals surface area contributed by atoms with Crippen molar-refractivity contribution < 1.29 is 4.74 Å². The largest absolute Gasteiger partial charge is 0.384 e. The molecule has 0 amide bonds. The number of nitrogens with zero attached hydrogens (tertiary/aromatic N) is 3. The molecule has 3 heterocycles. The van der Waals surface area contributed by atoms with Gasteiger partial charge in [-0.1, -0.05) is 0 Å². The Morgan fingerprint density at radius 3 is 3.06 bits per heavy atom. The second-order valence-electron chi connectivity index (χ2n) is 4.65. The molecule has 2 aliphatic heterocycles. The lowest BCUT2D eigenvalue weighted by Crippen LogP contribution is -2.58. The quantitative estimate of drug-likeness (QED) is 0.751. The minimum absolute atomic E-state index is 0.523. The van der Waals surface area contributed by atoms with E-state index < -0.39 is 0 Å². The normalized spacial score (nSPS) is 25.6. The lowest BCUT2D eigenvalue weighted by Gasteiger charge is -2.44. The molecule has 0 saturated carbocycles. The highest BCUT2D eigenvalue weighted by atomic mass is 16.5. The van der Waals surface area contributed by atoms with Gasteiger partial charge in [0, 0.05) is 26.2 Å². The summed E-state index contributed by atoms with van der Waals surface area (Å²) in [6, 6.07) is 4.43. The van der Waals surface area contributed by atoms with Gasteiger partial charge in [-0.2, -0.15) is 0 Å². The molecule has 0 aromatic carbocycles. The average Bonchev–Trinajstić information content (AvgIpc) is 2.39. The molecule has 2 fully saturated rings. The molecule has 2 aliphatic rings. The Morgan fingerprint density at radius 1 is 1.29 bits per heavy atom. The molecule has 5 nitrogen and oxygen atoms in total. The van der Waals surface area contributed by atoms with Gasteiger partial charge in [-0.3, -0.25) is 4.90 Å². The van der Waals surface area contributed by atoms with Crippen molar-refractivity contribution in [3.63, 3.8) is 0 Å². The van der Waals surface area contributed by atoms with Crippen molar-refractivity contribution in [2.45, 2.75) is 6.04 Å². The van der Waals surface area contributed by atoms with Crippen LogP contribution in [0.4, 0.5) is 11.5 Å². The zero-order chi connectivity index (χ0) is 11.7. The smallest absolute Gasteiger partial charge is 0.123 e. The first-order valence-corrected chi connectivity index (χ1v) is 6.11. The minimum atomic E-state index is 0.523. The molecule has 17 heavy (non-hydrogen) atoms. The lowest BCUT2D eigenvalue weighted by atomic mass is 10.1. The summed E-state index contributed by atoms with van der Waals surface area (Å²) in [4.78, 5) is 9.03. The molecule has 5 heteroatoms. The van der Waals surface area contributed by atoms with E-state index in [2.05, 4.69) is 14.8 Å². The summed E-state index contributed by atoms with van der Waals surface area (Å²) < 4.78 is 5.54. The van der Waals surface area contributed by atoms with Crippen molar-refractivity contribution in [3.8, 4) is 0 Å². The van der Waals surface area contributed by atoms with Crippen LogP contribution in [-0.2, 0) is 4.74 Å². The van der Waals surface area contributed by atoms with E-state index >= 15 is 0 Å². The third-order valence-electron chi connectivity index (χ3n) is 3.57. The van der Waals surface area contributed by atoms with Gasteiger partial charge in [0.25, 0.3) is 0 Å². The summed E-state index contributed by atoms with van der Waals surface area (Å²) in [5.74, 6) is 0.577. The Morgan fingerprint density at radius 2 is 2.24 bits per heavy atom. The molecule has 2 saturated heterocycles. The van der Waals surface area contributed by atoms with Crippen LogP contribution in [0.2, 0.25) is 0 Å². The minimum Gasteiger partial charge on any atom is -0.384 e. The molecule has 0 aliphatic carbocycles. The van der Waals surface area contributed by atoms with Crippen LogP contribution in [0.1, 0.15) is 0 Å². The summed E-state index contributed by atoms with van der Waals surface area (Å²) in [5.41, 5.74) is 6.76. The van der Waals surface area contributed by atoms with Gasteiger partial charge in [-0.25, -0.2) is 4.98 Å². The van der Waals surface area contributed by atoms with Gasteiger partial charge in [0.1, 0.15) is 5.82 Å². The van der Waals surface area contributed by atoms with E-state index in [0.29, 0.717) is 11.9 Å². The fourth-order valence-electron chi connectivity index (χ4n) is 2.57. The monoisotopic (exact) mass is 234 g/mol. The summed E-state index contributed by atoms with van der Waals surface area (Å²) in [7, 11) is 0. The van der Waals surface area contributed by atoms with E-state index in [1.54, 1.807) is 0 Å². The van der Waals surface area contributed by atoms with Crippen molar-refractivity contribution in [2.24, 2.45) is 0 Å². The van der Waals surface area contributed by atoms with Gasteiger partial charge < -0.3 is 15.4 Å². The Balaban J connectivity index is 1.71. The number of hydrogen-bond acceptors (Lipinski definition) is 5. The number of aromatic nitrogens is 1. The van der Waals surface area contributed by atoms with Gasteiger partial charge in [0.15, 0.2) is 0 Å². The highest BCUT2D eigenvalue weighted by Gasteiger charge is 2.29. The average molecular weight is 234 g/mol. The molecule has 2 N–H and O–H groups in total. The van der Waals surface area contributed by atoms with Crippen LogP contribution in [0.15, 0.2) is 18.3 Å². The number of ether oxygens (including phenoxy) is 1. The first-order valence-electron chi connectivity index (χ1n) is 6.11. The molecule has 1 atom stereocenters. The number of nitrogens with two attached hydrogens (primary N) is 1. The maximum atomic E-state index is 5.60. The summed E-state index contributed by atoms with van der Waals surface area (Å²) >= 11 is 0. The second kappa shape index (κ2) is 4.50. The number of anilines is 2. The summed E-state index contributed by atoms with van der Waals surface area (Å²) in [5, 5.41) is 0. The van der Waals surface area contributed by atoms with E-state index in [0.717, 1.165) is 45.1 Å². The maximum absolute atomic E-state index is 5.60. The number of nitrogen functional groups attached to an aromatic ring is 1. The maximum Gasteiger partial charge on any atom is 0.123 e. The molecule has 1 aromatic rings. The first-order chi connectivity index (χ1) is 8.33. The summed E-state index contributed by atoms with van der Waals surface area (Å²) in [6.07, 6.45) is 1.86. The van der Waals surface area contributed by atoms with Gasteiger partial charge >= 0.3 is 0 Å². The zero-order valence-electron chi connectivity index (χ0n) is 9.88. The van der Waals surface area contributed by atoms with Crippen LogP contribution >= 0.6 is 0 Å². The van der Waals surface area contributed by atoms with Crippen molar-refractivity contribution in [3.05, 3.63) is 18.3 Å². The van der Waals surface area contributed by atoms with E-state index in [1.165, 1.54) is 0 Å². The lowest BCUT2D eigenvalue weighted by molar-refractivity contribution is -0.0116. The third-order valence-corrected chi connectivity index (χ3v) is 3.57. The van der Waals surface area contributed by atoms with Crippen LogP contribution in [-0.4, -0.2) is 55.3 Å². The number of pyridine rings is 1. The van der Waals surface area contributed by atoms with Crippen molar-refractivity contribution >= 4 is 11.5 Å². The van der Waals surface area contributed by atoms with Crippen LogP contribution in [0.5, 0.6) is 0 Å². The SMILES string of the molecule is Nc1ccc(N2CCN3CCOCC3C2)cn1. The fraction of sp³-hybridized carbons (Fsp3) is 0.583. The fourth-order valence-corrected chi connectivity index (χ4v) is 2.57. The van der Waals surface area contributed by atoms with Crippen LogP contribution in [0, 0.1) is 0 Å². The van der Waals surface area contributed by atoms with Crippen molar-refractivity contribution in [1.82, 2.24) is 9.88 Å². The Bertz CT molecular complexity index is 381. The molecular formula is C12H18N4O. The summed E-state index contributed by atoms with van der Waals surface area (Å²) in [6.45, 7) is 5.98. The predicted octanol–water partition coefficient (Wildman–Crippen LogP) is 0.185. The molecule has 3 rings (SSSR count). The highest BCUT2D eigenvalue weighted by molar-refractivity contribution is 5.48. The van der Waals surface area contributed by atoms with Crippen molar-refractivity contribution in [2.75, 3.05) is 50.0 Å². The van der Waals surface area contributed by atoms with Crippen LogP contribution in [0.25, 0.3) is 0 Å². The second-order valence-corrected chi connectivity index (χ2v) is 4.65. The van der Waals surface area contributed by atoms with Crippen molar-refractivity contribution in [1.29, 1.82) is 0 Å². The number of fused-ring (bicyclic) bond motifs is 1. The third kappa shape index (κ3) is 2.21. The first kappa shape index (κ1) is 10.8. The Labute approximate surface area is 101 Å². The Hall–Kier alpha value is -1.33. The Kier molecular flexibility index (Phi) is 2.86. The molecule has 0 radical (unpaired) electrons. The van der Waals surface area contributed by atoms with Crippen LogP contribution < -0.4 is 10.6 Å². The molecule has 92 valence electrons. The molecule has 1 aromatic heterocycles. The number of hydrogen-bond donors (Lipinski definition) is 1. The van der Waals surface area contributed by atoms with E-state index in [-0.39, 0.29) is 0 Å². The topological polar surface area (TPSA) is 54.6 Å². The predicted molar refractivity (Wildman–Crippen MR) is 67.0 cm³/mol. The van der Waals surface area contributed by atoms with Gasteiger partial charge in [-0.15, -0.1) is 0 Å². The van der Waals surface area contributed by atoms with E-state index in [4.69, 9.17) is 10.5 Å². The van der Waals surface area contributed by atoms with Gasteiger partial charge in [-0.05, 0) is 12.1 Å². The molecule has 0 bridgehead atoms. The van der Waals surface area contributed by atoms with E-state index in [1.807, 2.05) is 18.3 Å². The number of piperazine rings is 1. The zero-order valence-corrected chi connectivity index (χ0v) is 9.88. The standard InChI is InChI=1S/C12H18N4O/c13-12-2-1-10(7-14-12)16-4-3-15-5-6-17-9-11(15)8-16/h1-2,7,11H,3-6,8-9H2,(H2,13,14). The van der Waals surface area contributed by atoms with Gasteiger partial charge in [0.2, 0.25) is 0 Å². The highest BCUT2D eigenvalue weighted by Crippen LogP contribution is 2.20. The molecule has 1 unspecified atom stereocenters. The van der Waals surface area contributed by atoms with E-state index in [9.17, 15) is 0 Å². The van der Waals surface area contributed by atoms with Gasteiger partial charge in [0.05, 0.1) is 31.1 Å².